The molecule has 1 heterocycles. The van der Waals surface area contributed by atoms with E-state index in [4.69, 9.17) is 0 Å². The quantitative estimate of drug-likeness (QED) is 0.670. The summed E-state index contributed by atoms with van der Waals surface area (Å²) in [5.74, 6) is -1.16. The fourth-order valence-electron chi connectivity index (χ4n) is 1.83. The Kier molecular flexibility index (Phi) is 4.64. The summed E-state index contributed by atoms with van der Waals surface area (Å²) in [4.78, 5) is 23.3. The molecule has 1 aromatic carbocycles. The molecular weight excluding hydrogens is 295 g/mol. The summed E-state index contributed by atoms with van der Waals surface area (Å²) in [6.07, 6.45) is 1.86. The van der Waals surface area contributed by atoms with Gasteiger partial charge in [0.05, 0.1) is 16.6 Å². The van der Waals surface area contributed by atoms with Gasteiger partial charge in [-0.15, -0.1) is 11.3 Å². The van der Waals surface area contributed by atoms with E-state index in [0.717, 1.165) is 29.9 Å². The van der Waals surface area contributed by atoms with Gasteiger partial charge in [0.15, 0.2) is 0 Å². The average molecular weight is 308 g/mol. The summed E-state index contributed by atoms with van der Waals surface area (Å²) in [6.45, 7) is 2.04. The Morgan fingerprint density at radius 3 is 2.86 bits per heavy atom. The van der Waals surface area contributed by atoms with Gasteiger partial charge in [0.1, 0.15) is 11.5 Å². The van der Waals surface area contributed by atoms with Crippen LogP contribution in [0.4, 0.5) is 15.8 Å². The van der Waals surface area contributed by atoms with Gasteiger partial charge in [-0.1, -0.05) is 13.3 Å². The Labute approximate surface area is 124 Å². The zero-order valence-corrected chi connectivity index (χ0v) is 12.1. The van der Waals surface area contributed by atoms with E-state index in [-0.39, 0.29) is 5.69 Å². The number of nitrogens with one attached hydrogen (secondary N) is 1. The van der Waals surface area contributed by atoms with Crippen LogP contribution in [0.1, 0.15) is 28.6 Å². The molecule has 0 aliphatic heterocycles. The molecule has 0 aliphatic rings. The molecule has 0 spiro atoms. The highest BCUT2D eigenvalue weighted by molar-refractivity contribution is 7.10. The SMILES string of the molecule is CCCc1cc(C(=O)Nc2ccc(F)cc2[N+](=O)[O-])cs1. The summed E-state index contributed by atoms with van der Waals surface area (Å²) in [6, 6.07) is 4.80. The lowest BCUT2D eigenvalue weighted by atomic mass is 10.2. The van der Waals surface area contributed by atoms with Crippen LogP contribution in [0.5, 0.6) is 0 Å². The third-order valence-electron chi connectivity index (χ3n) is 2.82. The number of halogens is 1. The van der Waals surface area contributed by atoms with E-state index < -0.39 is 22.3 Å². The van der Waals surface area contributed by atoms with E-state index in [9.17, 15) is 19.3 Å². The summed E-state index contributed by atoms with van der Waals surface area (Å²) in [5.41, 5.74) is -0.0379. The summed E-state index contributed by atoms with van der Waals surface area (Å²) in [5, 5.41) is 15.0. The van der Waals surface area contributed by atoms with Crippen molar-refractivity contribution >= 4 is 28.6 Å². The number of nitro groups is 1. The van der Waals surface area contributed by atoms with E-state index in [1.165, 1.54) is 17.4 Å². The minimum absolute atomic E-state index is 0.0189. The number of hydrogen-bond donors (Lipinski definition) is 1. The average Bonchev–Trinajstić information content (AvgIpc) is 2.89. The van der Waals surface area contributed by atoms with Crippen molar-refractivity contribution in [3.05, 3.63) is 56.0 Å². The number of rotatable bonds is 5. The molecule has 0 radical (unpaired) electrons. The van der Waals surface area contributed by atoms with Crippen LogP contribution in [0.2, 0.25) is 0 Å². The number of thiophene rings is 1. The highest BCUT2D eigenvalue weighted by Crippen LogP contribution is 2.26. The van der Waals surface area contributed by atoms with Gasteiger partial charge in [0, 0.05) is 10.3 Å². The molecule has 21 heavy (non-hydrogen) atoms. The van der Waals surface area contributed by atoms with Crippen LogP contribution in [-0.4, -0.2) is 10.8 Å². The third-order valence-corrected chi connectivity index (χ3v) is 3.81. The lowest BCUT2D eigenvalue weighted by molar-refractivity contribution is -0.384. The van der Waals surface area contributed by atoms with Crippen LogP contribution in [0.25, 0.3) is 0 Å². The maximum atomic E-state index is 13.0. The first-order valence-corrected chi connectivity index (χ1v) is 7.22. The maximum Gasteiger partial charge on any atom is 0.295 e. The van der Waals surface area contributed by atoms with E-state index in [2.05, 4.69) is 5.32 Å². The number of aryl methyl sites for hydroxylation is 1. The molecule has 2 aromatic rings. The standard InChI is InChI=1S/C14H13FN2O3S/c1-2-3-11-6-9(8-21-11)14(18)16-12-5-4-10(15)7-13(12)17(19)20/h4-8H,2-3H2,1H3,(H,16,18). The first-order chi connectivity index (χ1) is 10.0. The van der Waals surface area contributed by atoms with Crippen molar-refractivity contribution < 1.29 is 14.1 Å². The van der Waals surface area contributed by atoms with Gasteiger partial charge in [-0.05, 0) is 24.6 Å². The Morgan fingerprint density at radius 1 is 1.43 bits per heavy atom. The number of amides is 1. The van der Waals surface area contributed by atoms with Crippen molar-refractivity contribution in [1.29, 1.82) is 0 Å². The number of nitro benzene ring substituents is 1. The number of hydrogen-bond acceptors (Lipinski definition) is 4. The molecule has 1 aromatic heterocycles. The number of nitrogens with zero attached hydrogens (tertiary/aromatic N) is 1. The fraction of sp³-hybridized carbons (Fsp3) is 0.214. The summed E-state index contributed by atoms with van der Waals surface area (Å²) >= 11 is 1.47. The predicted molar refractivity (Wildman–Crippen MR) is 79.3 cm³/mol. The van der Waals surface area contributed by atoms with Crippen LogP contribution < -0.4 is 5.32 Å². The van der Waals surface area contributed by atoms with Crippen molar-refractivity contribution in [2.75, 3.05) is 5.32 Å². The van der Waals surface area contributed by atoms with E-state index in [0.29, 0.717) is 5.56 Å². The smallest absolute Gasteiger partial charge is 0.295 e. The van der Waals surface area contributed by atoms with Crippen molar-refractivity contribution in [3.63, 3.8) is 0 Å². The van der Waals surface area contributed by atoms with Gasteiger partial charge >= 0.3 is 0 Å². The molecule has 0 saturated carbocycles. The first kappa shape index (κ1) is 15.1. The van der Waals surface area contributed by atoms with Crippen LogP contribution >= 0.6 is 11.3 Å². The Bertz CT molecular complexity index is 685. The van der Waals surface area contributed by atoms with Crippen molar-refractivity contribution in [2.45, 2.75) is 19.8 Å². The summed E-state index contributed by atoms with van der Waals surface area (Å²) in [7, 11) is 0. The molecule has 0 bridgehead atoms. The topological polar surface area (TPSA) is 72.2 Å². The monoisotopic (exact) mass is 308 g/mol. The molecule has 0 aliphatic carbocycles. The van der Waals surface area contributed by atoms with Gasteiger partial charge in [0.25, 0.3) is 11.6 Å². The Morgan fingerprint density at radius 2 is 2.19 bits per heavy atom. The number of benzene rings is 1. The number of carbonyl (C=O) groups is 1. The zero-order chi connectivity index (χ0) is 15.4. The molecule has 110 valence electrons. The highest BCUT2D eigenvalue weighted by atomic mass is 32.1. The van der Waals surface area contributed by atoms with Gasteiger partial charge in [-0.3, -0.25) is 14.9 Å². The minimum Gasteiger partial charge on any atom is -0.316 e. The minimum atomic E-state index is -0.727. The van der Waals surface area contributed by atoms with Gasteiger partial charge in [-0.2, -0.15) is 0 Å². The van der Waals surface area contributed by atoms with E-state index in [1.54, 1.807) is 11.4 Å². The van der Waals surface area contributed by atoms with Crippen LogP contribution in [0.3, 0.4) is 0 Å². The molecule has 0 saturated heterocycles. The highest BCUT2D eigenvalue weighted by Gasteiger charge is 2.18. The summed E-state index contributed by atoms with van der Waals surface area (Å²) < 4.78 is 13.0. The van der Waals surface area contributed by atoms with Crippen molar-refractivity contribution in [2.24, 2.45) is 0 Å². The first-order valence-electron chi connectivity index (χ1n) is 6.34. The molecule has 5 nitrogen and oxygen atoms in total. The fourth-order valence-corrected chi connectivity index (χ4v) is 2.80. The lowest BCUT2D eigenvalue weighted by Gasteiger charge is -2.04. The van der Waals surface area contributed by atoms with E-state index >= 15 is 0 Å². The largest absolute Gasteiger partial charge is 0.316 e. The molecule has 0 atom stereocenters. The van der Waals surface area contributed by atoms with Crippen LogP contribution in [-0.2, 0) is 6.42 Å². The zero-order valence-electron chi connectivity index (χ0n) is 11.3. The van der Waals surface area contributed by atoms with Gasteiger partial charge < -0.3 is 5.32 Å². The predicted octanol–water partition coefficient (Wildman–Crippen LogP) is 4.00. The molecular formula is C14H13FN2O3S. The normalized spacial score (nSPS) is 10.4. The molecule has 0 fully saturated rings. The Balaban J connectivity index is 2.20. The Hall–Kier alpha value is -2.28. The molecule has 2 rings (SSSR count). The third kappa shape index (κ3) is 3.63. The van der Waals surface area contributed by atoms with Crippen molar-refractivity contribution in [1.82, 2.24) is 0 Å². The second-order valence-corrected chi connectivity index (χ2v) is 5.42. The van der Waals surface area contributed by atoms with Gasteiger partial charge in [-0.25, -0.2) is 4.39 Å². The molecule has 1 N–H and O–H groups in total. The molecule has 1 amide bonds. The van der Waals surface area contributed by atoms with Crippen LogP contribution in [0.15, 0.2) is 29.6 Å². The molecule has 0 unspecified atom stereocenters. The van der Waals surface area contributed by atoms with Crippen LogP contribution in [0, 0.1) is 15.9 Å². The van der Waals surface area contributed by atoms with Crippen molar-refractivity contribution in [3.8, 4) is 0 Å². The number of anilines is 1. The maximum absolute atomic E-state index is 13.0. The van der Waals surface area contributed by atoms with Gasteiger partial charge in [0.2, 0.25) is 0 Å². The second-order valence-electron chi connectivity index (χ2n) is 4.42. The van der Waals surface area contributed by atoms with E-state index in [1.807, 2.05) is 6.92 Å². The lowest BCUT2D eigenvalue weighted by Crippen LogP contribution is -2.12. The number of carbonyl (C=O) groups excluding carboxylic acids is 1. The molecule has 7 heteroatoms. The second kappa shape index (κ2) is 6.45.